The summed E-state index contributed by atoms with van der Waals surface area (Å²) in [5.41, 5.74) is 0.568. The molecule has 4 aliphatic rings. The summed E-state index contributed by atoms with van der Waals surface area (Å²) in [6.07, 6.45) is 6.48. The highest BCUT2D eigenvalue weighted by Crippen LogP contribution is 2.73. The lowest BCUT2D eigenvalue weighted by molar-refractivity contribution is -0.384. The van der Waals surface area contributed by atoms with Crippen LogP contribution in [0.4, 0.5) is 11.4 Å². The van der Waals surface area contributed by atoms with Crippen molar-refractivity contribution in [2.24, 2.45) is 29.1 Å². The highest BCUT2D eigenvalue weighted by atomic mass is 16.6. The zero-order valence-corrected chi connectivity index (χ0v) is 12.2. The Morgan fingerprint density at radius 2 is 1.52 bits per heavy atom. The lowest BCUT2D eigenvalue weighted by atomic mass is 9.85. The van der Waals surface area contributed by atoms with Gasteiger partial charge in [-0.3, -0.25) is 24.6 Å². The second kappa shape index (κ2) is 3.88. The normalized spacial score (nSPS) is 35.2. The van der Waals surface area contributed by atoms with Crippen LogP contribution in [0.5, 0.6) is 0 Å². The van der Waals surface area contributed by atoms with E-state index in [1.165, 1.54) is 29.2 Å². The molecule has 6 heteroatoms. The summed E-state index contributed by atoms with van der Waals surface area (Å²) in [5, 5.41) is 10.7. The van der Waals surface area contributed by atoms with Crippen LogP contribution in [-0.2, 0) is 9.59 Å². The molecular formula is C17H14N2O4. The molecule has 23 heavy (non-hydrogen) atoms. The molecule has 1 aromatic rings. The van der Waals surface area contributed by atoms with Crippen molar-refractivity contribution in [3.05, 3.63) is 46.5 Å². The maximum absolute atomic E-state index is 12.9. The fourth-order valence-electron chi connectivity index (χ4n) is 5.06. The van der Waals surface area contributed by atoms with Crippen LogP contribution in [-0.4, -0.2) is 16.7 Å². The third-order valence-electron chi connectivity index (χ3n) is 6.17. The fourth-order valence-corrected chi connectivity index (χ4v) is 5.06. The van der Waals surface area contributed by atoms with Crippen LogP contribution < -0.4 is 4.90 Å². The molecule has 4 atom stereocenters. The minimum absolute atomic E-state index is 0.0493. The smallest absolute Gasteiger partial charge is 0.269 e. The number of hydrogen-bond donors (Lipinski definition) is 0. The monoisotopic (exact) mass is 310 g/mol. The summed E-state index contributed by atoms with van der Waals surface area (Å²) in [7, 11) is 0. The number of nitro groups is 1. The Morgan fingerprint density at radius 3 is 1.96 bits per heavy atom. The summed E-state index contributed by atoms with van der Waals surface area (Å²) >= 11 is 0. The van der Waals surface area contributed by atoms with Gasteiger partial charge in [0.15, 0.2) is 0 Å². The second-order valence-corrected chi connectivity index (χ2v) is 7.01. The Hall–Kier alpha value is -2.50. The molecule has 1 aromatic carbocycles. The molecule has 1 saturated heterocycles. The van der Waals surface area contributed by atoms with E-state index in [2.05, 4.69) is 12.2 Å². The number of imide groups is 1. The van der Waals surface area contributed by atoms with E-state index in [1.54, 1.807) is 0 Å². The Kier molecular flexibility index (Phi) is 2.19. The number of fused-ring (bicyclic) bond motifs is 3. The van der Waals surface area contributed by atoms with E-state index in [4.69, 9.17) is 0 Å². The maximum atomic E-state index is 12.9. The Labute approximate surface area is 131 Å². The van der Waals surface area contributed by atoms with Gasteiger partial charge in [-0.15, -0.1) is 0 Å². The molecule has 2 bridgehead atoms. The molecule has 0 N–H and O–H groups in total. The first-order valence-electron chi connectivity index (χ1n) is 7.85. The molecule has 0 unspecified atom stereocenters. The van der Waals surface area contributed by atoms with Gasteiger partial charge in [-0.1, -0.05) is 12.2 Å². The molecule has 6 nitrogen and oxygen atoms in total. The van der Waals surface area contributed by atoms with Gasteiger partial charge in [-0.2, -0.15) is 0 Å². The number of carbonyl (C=O) groups excluding carboxylic acids is 2. The van der Waals surface area contributed by atoms with E-state index in [0.717, 1.165) is 12.8 Å². The van der Waals surface area contributed by atoms with E-state index in [1.807, 2.05) is 0 Å². The van der Waals surface area contributed by atoms with Crippen molar-refractivity contribution in [1.29, 1.82) is 0 Å². The fraction of sp³-hybridized carbons (Fsp3) is 0.412. The summed E-state index contributed by atoms with van der Waals surface area (Å²) < 4.78 is 0. The van der Waals surface area contributed by atoms with Crippen LogP contribution in [0.15, 0.2) is 36.4 Å². The molecule has 3 aliphatic carbocycles. The van der Waals surface area contributed by atoms with Gasteiger partial charge < -0.3 is 0 Å². The SMILES string of the molecule is O=C1[C@H]2[C@H](C(=O)N1c1ccc([N+](=O)[O-])cc1)[C@H]1C=C[C@H]2C12CC2. The molecule has 1 spiro atoms. The summed E-state index contributed by atoms with van der Waals surface area (Å²) in [4.78, 5) is 37.2. The molecule has 2 amide bonds. The van der Waals surface area contributed by atoms with E-state index >= 15 is 0 Å². The van der Waals surface area contributed by atoms with Crippen LogP contribution in [0.1, 0.15) is 12.8 Å². The van der Waals surface area contributed by atoms with Gasteiger partial charge in [0, 0.05) is 12.1 Å². The van der Waals surface area contributed by atoms with Gasteiger partial charge in [0.2, 0.25) is 11.8 Å². The molecule has 116 valence electrons. The quantitative estimate of drug-likeness (QED) is 0.363. The second-order valence-electron chi connectivity index (χ2n) is 7.01. The summed E-state index contributed by atoms with van der Waals surface area (Å²) in [6.45, 7) is 0. The molecule has 1 aliphatic heterocycles. The predicted octanol–water partition coefficient (Wildman–Crippen LogP) is 2.30. The average Bonchev–Trinajstić information content (AvgIpc) is 3.13. The van der Waals surface area contributed by atoms with Gasteiger partial charge in [0.25, 0.3) is 5.69 Å². The lowest BCUT2D eigenvalue weighted by Crippen LogP contribution is -2.34. The molecule has 2 saturated carbocycles. The zero-order chi connectivity index (χ0) is 15.9. The topological polar surface area (TPSA) is 80.5 Å². The largest absolute Gasteiger partial charge is 0.274 e. The third-order valence-corrected chi connectivity index (χ3v) is 6.17. The first-order valence-corrected chi connectivity index (χ1v) is 7.85. The molecule has 0 radical (unpaired) electrons. The van der Waals surface area contributed by atoms with E-state index < -0.39 is 4.92 Å². The number of benzene rings is 1. The van der Waals surface area contributed by atoms with Gasteiger partial charge in [-0.25, -0.2) is 0 Å². The number of nitro benzene ring substituents is 1. The Bertz CT molecular complexity index is 759. The third kappa shape index (κ3) is 1.39. The maximum Gasteiger partial charge on any atom is 0.269 e. The minimum atomic E-state index is -0.493. The molecule has 5 rings (SSSR count). The van der Waals surface area contributed by atoms with Crippen LogP contribution in [0.2, 0.25) is 0 Å². The van der Waals surface area contributed by atoms with Crippen molar-refractivity contribution >= 4 is 23.2 Å². The van der Waals surface area contributed by atoms with Crippen LogP contribution in [0, 0.1) is 39.2 Å². The number of nitrogens with zero attached hydrogens (tertiary/aromatic N) is 2. The highest BCUT2D eigenvalue weighted by Gasteiger charge is 2.73. The number of hydrogen-bond acceptors (Lipinski definition) is 4. The number of non-ortho nitro benzene ring substituents is 1. The van der Waals surface area contributed by atoms with Gasteiger partial charge >= 0.3 is 0 Å². The summed E-state index contributed by atoms with van der Waals surface area (Å²) in [5.74, 6) is -0.381. The van der Waals surface area contributed by atoms with Crippen molar-refractivity contribution in [1.82, 2.24) is 0 Å². The van der Waals surface area contributed by atoms with Gasteiger partial charge in [0.1, 0.15) is 0 Å². The van der Waals surface area contributed by atoms with Crippen molar-refractivity contribution in [2.75, 3.05) is 4.90 Å². The van der Waals surface area contributed by atoms with E-state index in [-0.39, 0.29) is 46.6 Å². The Balaban J connectivity index is 1.52. The molecule has 0 aromatic heterocycles. The van der Waals surface area contributed by atoms with Crippen LogP contribution >= 0.6 is 0 Å². The minimum Gasteiger partial charge on any atom is -0.274 e. The van der Waals surface area contributed by atoms with Crippen molar-refractivity contribution in [3.63, 3.8) is 0 Å². The first kappa shape index (κ1) is 13.0. The standard InChI is InChI=1S/C17H14N2O4/c20-15-13-11-5-6-12(17(11)7-8-17)14(13)16(21)18(15)9-1-3-10(4-2-9)19(22)23/h1-6,11-14H,7-8H2/t11-,12-,13-,14-/m1/s1. The number of rotatable bonds is 2. The van der Waals surface area contributed by atoms with Crippen LogP contribution in [0.3, 0.4) is 0 Å². The average molecular weight is 310 g/mol. The van der Waals surface area contributed by atoms with E-state index in [0.29, 0.717) is 5.69 Å². The number of carbonyl (C=O) groups is 2. The first-order chi connectivity index (χ1) is 11.0. The number of allylic oxidation sites excluding steroid dienone is 2. The lowest BCUT2D eigenvalue weighted by Gasteiger charge is -2.21. The molecule has 1 heterocycles. The van der Waals surface area contributed by atoms with Crippen LogP contribution in [0.25, 0.3) is 0 Å². The highest BCUT2D eigenvalue weighted by molar-refractivity contribution is 6.23. The van der Waals surface area contributed by atoms with Crippen molar-refractivity contribution in [2.45, 2.75) is 12.8 Å². The molecular weight excluding hydrogens is 296 g/mol. The predicted molar refractivity (Wildman–Crippen MR) is 80.4 cm³/mol. The van der Waals surface area contributed by atoms with Crippen molar-refractivity contribution < 1.29 is 14.5 Å². The number of amides is 2. The van der Waals surface area contributed by atoms with Gasteiger partial charge in [-0.05, 0) is 42.2 Å². The van der Waals surface area contributed by atoms with Gasteiger partial charge in [0.05, 0.1) is 22.4 Å². The van der Waals surface area contributed by atoms with Crippen molar-refractivity contribution in [3.8, 4) is 0 Å². The van der Waals surface area contributed by atoms with E-state index in [9.17, 15) is 19.7 Å². The Morgan fingerprint density at radius 1 is 1.00 bits per heavy atom. The molecule has 3 fully saturated rings. The summed E-state index contributed by atoms with van der Waals surface area (Å²) in [6, 6.07) is 5.63. The zero-order valence-electron chi connectivity index (χ0n) is 12.2. The number of anilines is 1.